The summed E-state index contributed by atoms with van der Waals surface area (Å²) in [6.45, 7) is 6.66. The van der Waals surface area contributed by atoms with Crippen LogP contribution in [0.2, 0.25) is 0 Å². The van der Waals surface area contributed by atoms with Crippen LogP contribution in [-0.2, 0) is 19.0 Å². The maximum atomic E-state index is 11.6. The topological polar surface area (TPSA) is 56.8 Å². The van der Waals surface area contributed by atoms with Gasteiger partial charge in [-0.3, -0.25) is 4.79 Å². The molecule has 0 saturated heterocycles. The Morgan fingerprint density at radius 2 is 1.68 bits per heavy atom. The van der Waals surface area contributed by atoms with Gasteiger partial charge < -0.3 is 19.5 Å². The zero-order valence-electron chi connectivity index (χ0n) is 12.8. The number of nitrogens with one attached hydrogen (secondary N) is 1. The van der Waals surface area contributed by atoms with E-state index < -0.39 is 5.54 Å². The summed E-state index contributed by atoms with van der Waals surface area (Å²) in [6.07, 6.45) is 3.74. The summed E-state index contributed by atoms with van der Waals surface area (Å²) in [7, 11) is 3.17. The lowest BCUT2D eigenvalue weighted by Gasteiger charge is -2.25. The number of hydrogen-bond acceptors (Lipinski definition) is 5. The Bertz CT molecular complexity index is 235. The third-order valence-electron chi connectivity index (χ3n) is 3.17. The second-order valence-electron chi connectivity index (χ2n) is 4.76. The van der Waals surface area contributed by atoms with Crippen LogP contribution in [0.1, 0.15) is 39.5 Å². The first-order chi connectivity index (χ1) is 9.10. The molecule has 0 aliphatic carbocycles. The molecule has 19 heavy (non-hydrogen) atoms. The third kappa shape index (κ3) is 8.18. The van der Waals surface area contributed by atoms with Gasteiger partial charge in [0.15, 0.2) is 0 Å². The highest BCUT2D eigenvalue weighted by Gasteiger charge is 2.31. The van der Waals surface area contributed by atoms with E-state index in [4.69, 9.17) is 14.2 Å². The fourth-order valence-electron chi connectivity index (χ4n) is 1.65. The maximum absolute atomic E-state index is 11.6. The summed E-state index contributed by atoms with van der Waals surface area (Å²) in [5.74, 6) is -0.238. The number of carbonyl (C=O) groups excluding carboxylic acids is 1. The lowest BCUT2D eigenvalue weighted by Crippen LogP contribution is -2.48. The monoisotopic (exact) mass is 275 g/mol. The standard InChI is InChI=1S/C14H29NO4/c1-5-6-9-18-11-12-19-10-7-8-14(2,15-3)13(16)17-4/h15H,5-12H2,1-4H3. The van der Waals surface area contributed by atoms with Crippen molar-refractivity contribution in [3.63, 3.8) is 0 Å². The van der Waals surface area contributed by atoms with E-state index in [1.165, 1.54) is 7.11 Å². The molecule has 0 aliphatic heterocycles. The highest BCUT2D eigenvalue weighted by atomic mass is 16.5. The SMILES string of the molecule is CCCCOCCOCCCC(C)(NC)C(=O)OC. The lowest BCUT2D eigenvalue weighted by atomic mass is 9.96. The van der Waals surface area contributed by atoms with E-state index >= 15 is 0 Å². The molecule has 0 aromatic carbocycles. The van der Waals surface area contributed by atoms with Gasteiger partial charge >= 0.3 is 5.97 Å². The van der Waals surface area contributed by atoms with Gasteiger partial charge in [-0.05, 0) is 33.2 Å². The molecule has 1 atom stereocenters. The number of carbonyl (C=O) groups is 1. The summed E-state index contributed by atoms with van der Waals surface area (Å²) in [5.41, 5.74) is -0.629. The second-order valence-corrected chi connectivity index (χ2v) is 4.76. The number of unbranched alkanes of at least 4 members (excludes halogenated alkanes) is 1. The van der Waals surface area contributed by atoms with Crippen molar-refractivity contribution in [1.29, 1.82) is 0 Å². The average Bonchev–Trinajstić information content (AvgIpc) is 2.44. The fourth-order valence-corrected chi connectivity index (χ4v) is 1.65. The van der Waals surface area contributed by atoms with Crippen molar-refractivity contribution in [1.82, 2.24) is 5.32 Å². The van der Waals surface area contributed by atoms with Crippen LogP contribution in [0.4, 0.5) is 0 Å². The molecule has 0 aromatic heterocycles. The highest BCUT2D eigenvalue weighted by molar-refractivity contribution is 5.80. The molecule has 114 valence electrons. The van der Waals surface area contributed by atoms with Crippen LogP contribution in [0, 0.1) is 0 Å². The number of rotatable bonds is 12. The van der Waals surface area contributed by atoms with Crippen molar-refractivity contribution in [2.75, 3.05) is 40.6 Å². The van der Waals surface area contributed by atoms with E-state index in [1.807, 2.05) is 6.92 Å². The molecule has 0 rings (SSSR count). The Morgan fingerprint density at radius 1 is 1.11 bits per heavy atom. The molecule has 0 bridgehead atoms. The van der Waals surface area contributed by atoms with Gasteiger partial charge in [0, 0.05) is 13.2 Å². The molecule has 1 unspecified atom stereocenters. The molecule has 0 amide bonds. The third-order valence-corrected chi connectivity index (χ3v) is 3.17. The van der Waals surface area contributed by atoms with E-state index in [0.717, 1.165) is 25.9 Å². The predicted molar refractivity (Wildman–Crippen MR) is 75.3 cm³/mol. The number of esters is 1. The molecule has 0 heterocycles. The number of ether oxygens (including phenoxy) is 3. The number of hydrogen-bond donors (Lipinski definition) is 1. The minimum Gasteiger partial charge on any atom is -0.468 e. The van der Waals surface area contributed by atoms with Gasteiger partial charge in [0.05, 0.1) is 20.3 Å². The van der Waals surface area contributed by atoms with Gasteiger partial charge in [-0.1, -0.05) is 13.3 Å². The first kappa shape index (κ1) is 18.4. The summed E-state index contributed by atoms with van der Waals surface area (Å²) < 4.78 is 15.6. The fraction of sp³-hybridized carbons (Fsp3) is 0.929. The smallest absolute Gasteiger partial charge is 0.325 e. The Balaban J connectivity index is 3.54. The molecule has 5 nitrogen and oxygen atoms in total. The first-order valence-electron chi connectivity index (χ1n) is 7.03. The van der Waals surface area contributed by atoms with E-state index in [-0.39, 0.29) is 5.97 Å². The number of methoxy groups -OCH3 is 1. The van der Waals surface area contributed by atoms with Crippen LogP contribution in [0.15, 0.2) is 0 Å². The first-order valence-corrected chi connectivity index (χ1v) is 7.03. The van der Waals surface area contributed by atoms with Crippen molar-refractivity contribution in [2.24, 2.45) is 0 Å². The summed E-state index contributed by atoms with van der Waals surface area (Å²) in [6, 6.07) is 0. The van der Waals surface area contributed by atoms with Crippen molar-refractivity contribution in [3.05, 3.63) is 0 Å². The van der Waals surface area contributed by atoms with Gasteiger partial charge in [0.1, 0.15) is 5.54 Å². The molecule has 0 radical (unpaired) electrons. The molecule has 1 N–H and O–H groups in total. The van der Waals surface area contributed by atoms with Crippen LogP contribution in [0.5, 0.6) is 0 Å². The van der Waals surface area contributed by atoms with Gasteiger partial charge in [-0.25, -0.2) is 0 Å². The average molecular weight is 275 g/mol. The molecule has 5 heteroatoms. The number of likely N-dealkylation sites (N-methyl/N-ethyl adjacent to an activating group) is 1. The zero-order valence-corrected chi connectivity index (χ0v) is 12.8. The Hall–Kier alpha value is -0.650. The molecule has 0 spiro atoms. The highest BCUT2D eigenvalue weighted by Crippen LogP contribution is 2.13. The minimum atomic E-state index is -0.629. The summed E-state index contributed by atoms with van der Waals surface area (Å²) >= 11 is 0. The molecule has 0 aliphatic rings. The second kappa shape index (κ2) is 11.2. The quantitative estimate of drug-likeness (QED) is 0.434. The van der Waals surface area contributed by atoms with Gasteiger partial charge in [-0.2, -0.15) is 0 Å². The molecule has 0 saturated carbocycles. The normalized spacial score (nSPS) is 14.1. The molecule has 0 aromatic rings. The van der Waals surface area contributed by atoms with Crippen LogP contribution in [0.3, 0.4) is 0 Å². The van der Waals surface area contributed by atoms with Crippen molar-refractivity contribution in [2.45, 2.75) is 45.1 Å². The van der Waals surface area contributed by atoms with Crippen LogP contribution in [-0.4, -0.2) is 52.1 Å². The van der Waals surface area contributed by atoms with Crippen LogP contribution < -0.4 is 5.32 Å². The summed E-state index contributed by atoms with van der Waals surface area (Å²) in [5, 5.41) is 3.00. The Kier molecular flexibility index (Phi) is 10.8. The minimum absolute atomic E-state index is 0.238. The Labute approximate surface area is 117 Å². The van der Waals surface area contributed by atoms with E-state index in [2.05, 4.69) is 12.2 Å². The molecular weight excluding hydrogens is 246 g/mol. The van der Waals surface area contributed by atoms with Crippen LogP contribution >= 0.6 is 0 Å². The predicted octanol–water partition coefficient (Wildman–Crippen LogP) is 1.75. The molecule has 0 fully saturated rings. The lowest BCUT2D eigenvalue weighted by molar-refractivity contribution is -0.148. The van der Waals surface area contributed by atoms with Gasteiger partial charge in [0.25, 0.3) is 0 Å². The zero-order chi connectivity index (χ0) is 14.6. The largest absolute Gasteiger partial charge is 0.468 e. The van der Waals surface area contributed by atoms with Crippen molar-refractivity contribution < 1.29 is 19.0 Å². The van der Waals surface area contributed by atoms with Gasteiger partial charge in [-0.15, -0.1) is 0 Å². The molecular formula is C14H29NO4. The van der Waals surface area contributed by atoms with Crippen molar-refractivity contribution in [3.8, 4) is 0 Å². The van der Waals surface area contributed by atoms with E-state index in [1.54, 1.807) is 7.05 Å². The van der Waals surface area contributed by atoms with Gasteiger partial charge in [0.2, 0.25) is 0 Å². The van der Waals surface area contributed by atoms with E-state index in [0.29, 0.717) is 26.2 Å². The van der Waals surface area contributed by atoms with Crippen molar-refractivity contribution >= 4 is 5.97 Å². The summed E-state index contributed by atoms with van der Waals surface area (Å²) in [4.78, 5) is 11.6. The van der Waals surface area contributed by atoms with E-state index in [9.17, 15) is 4.79 Å². The Morgan fingerprint density at radius 3 is 2.16 bits per heavy atom. The van der Waals surface area contributed by atoms with Crippen LogP contribution in [0.25, 0.3) is 0 Å². The maximum Gasteiger partial charge on any atom is 0.325 e.